The second-order valence-corrected chi connectivity index (χ2v) is 8.85. The van der Waals surface area contributed by atoms with Gasteiger partial charge in [-0.2, -0.15) is 0 Å². The van der Waals surface area contributed by atoms with Gasteiger partial charge in [-0.3, -0.25) is 9.59 Å². The number of rotatable bonds is 4. The van der Waals surface area contributed by atoms with Gasteiger partial charge in [-0.05, 0) is 85.5 Å². The number of benzene rings is 1. The molecule has 3 aliphatic rings. The van der Waals surface area contributed by atoms with Crippen molar-refractivity contribution in [2.75, 3.05) is 0 Å². The second-order valence-electron chi connectivity index (χ2n) is 8.85. The first-order chi connectivity index (χ1) is 12.4. The predicted octanol–water partition coefficient (Wildman–Crippen LogP) is 4.30. The third-order valence-electron chi connectivity index (χ3n) is 7.52. The Kier molecular flexibility index (Phi) is 4.32. The Morgan fingerprint density at radius 2 is 2.12 bits per heavy atom. The van der Waals surface area contributed by atoms with Crippen molar-refractivity contribution in [2.45, 2.75) is 64.2 Å². The van der Waals surface area contributed by atoms with E-state index in [1.807, 2.05) is 6.07 Å². The van der Waals surface area contributed by atoms with Crippen molar-refractivity contribution in [1.82, 2.24) is 0 Å². The number of ketones is 1. The van der Waals surface area contributed by atoms with Crippen LogP contribution in [0.3, 0.4) is 0 Å². The van der Waals surface area contributed by atoms with Gasteiger partial charge in [0.15, 0.2) is 0 Å². The van der Waals surface area contributed by atoms with Gasteiger partial charge in [0.25, 0.3) is 0 Å². The smallest absolute Gasteiger partial charge is 0.303 e. The largest absolute Gasteiger partial charge is 0.508 e. The molecule has 1 aromatic rings. The average Bonchev–Trinajstić information content (AvgIpc) is 2.85. The molecule has 0 aliphatic heterocycles. The van der Waals surface area contributed by atoms with E-state index in [-0.39, 0.29) is 11.8 Å². The van der Waals surface area contributed by atoms with Crippen LogP contribution in [-0.2, 0) is 16.0 Å². The van der Waals surface area contributed by atoms with Crippen LogP contribution in [0.4, 0.5) is 0 Å². The summed E-state index contributed by atoms with van der Waals surface area (Å²) in [4.78, 5) is 23.7. The van der Waals surface area contributed by atoms with Gasteiger partial charge in [-0.1, -0.05) is 13.0 Å². The maximum Gasteiger partial charge on any atom is 0.303 e. The highest BCUT2D eigenvalue weighted by Crippen LogP contribution is 2.62. The fourth-order valence-electron chi connectivity index (χ4n) is 6.41. The molecule has 2 fully saturated rings. The predicted molar refractivity (Wildman–Crippen MR) is 98.1 cm³/mol. The zero-order valence-corrected chi connectivity index (χ0v) is 15.4. The topological polar surface area (TPSA) is 74.6 Å². The summed E-state index contributed by atoms with van der Waals surface area (Å²) in [7, 11) is 0. The molecule has 0 saturated heterocycles. The lowest BCUT2D eigenvalue weighted by Crippen LogP contribution is -2.44. The number of carbonyl (C=O) groups excluding carboxylic acids is 1. The summed E-state index contributed by atoms with van der Waals surface area (Å²) in [6.07, 6.45) is 6.37. The molecule has 3 aliphatic carbocycles. The van der Waals surface area contributed by atoms with E-state index in [4.69, 9.17) is 5.11 Å². The summed E-state index contributed by atoms with van der Waals surface area (Å²) >= 11 is 0. The minimum absolute atomic E-state index is 0.199. The normalized spacial score (nSPS) is 35.5. The number of aromatic hydroxyl groups is 1. The number of phenolic OH excluding ortho intramolecular Hbond substituents is 1. The Morgan fingerprint density at radius 3 is 2.88 bits per heavy atom. The van der Waals surface area contributed by atoms with Crippen LogP contribution in [0.1, 0.15) is 68.9 Å². The van der Waals surface area contributed by atoms with Crippen molar-refractivity contribution in [1.29, 1.82) is 0 Å². The highest BCUT2D eigenvalue weighted by Gasteiger charge is 2.58. The number of hydrogen-bond donors (Lipinski definition) is 2. The Hall–Kier alpha value is -1.84. The summed E-state index contributed by atoms with van der Waals surface area (Å²) in [5, 5.41) is 18.8. The van der Waals surface area contributed by atoms with Gasteiger partial charge >= 0.3 is 5.97 Å². The quantitative estimate of drug-likeness (QED) is 0.843. The van der Waals surface area contributed by atoms with Gasteiger partial charge in [0.1, 0.15) is 11.5 Å². The van der Waals surface area contributed by atoms with Crippen LogP contribution in [0.5, 0.6) is 5.75 Å². The number of aliphatic carboxylic acids is 1. The van der Waals surface area contributed by atoms with Crippen LogP contribution in [0, 0.1) is 23.2 Å². The Bertz CT molecular complexity index is 740. The number of carbonyl (C=O) groups is 2. The van der Waals surface area contributed by atoms with Crippen molar-refractivity contribution in [3.05, 3.63) is 29.3 Å². The summed E-state index contributed by atoms with van der Waals surface area (Å²) in [6, 6.07) is 5.78. The fraction of sp³-hybridized carbons (Fsp3) is 0.636. The highest BCUT2D eigenvalue weighted by molar-refractivity contribution is 5.87. The van der Waals surface area contributed by atoms with Crippen molar-refractivity contribution >= 4 is 11.8 Å². The Labute approximate surface area is 154 Å². The summed E-state index contributed by atoms with van der Waals surface area (Å²) in [5.41, 5.74) is 2.41. The lowest BCUT2D eigenvalue weighted by Gasteiger charge is -2.50. The minimum Gasteiger partial charge on any atom is -0.508 e. The standard InChI is InChI=1S/C22H28O4/c1-22-10-9-17-16-8-6-15(23)11-13(16)5-7-18(17)21(22)14(12-19(22)24)3-2-4-20(25)26/h6,8,11,14,17-18,21,23H,2-5,7,9-10,12H2,1H3,(H,25,26)/t14-,17?,18?,21?,22-/m1/s1. The molecule has 4 heteroatoms. The van der Waals surface area contributed by atoms with Crippen LogP contribution >= 0.6 is 0 Å². The first-order valence-electron chi connectivity index (χ1n) is 9.97. The molecule has 4 nitrogen and oxygen atoms in total. The van der Waals surface area contributed by atoms with E-state index in [0.29, 0.717) is 48.0 Å². The van der Waals surface area contributed by atoms with Crippen LogP contribution in [0.25, 0.3) is 0 Å². The van der Waals surface area contributed by atoms with Gasteiger partial charge < -0.3 is 10.2 Å². The lowest BCUT2D eigenvalue weighted by molar-refractivity contribution is -0.137. The third kappa shape index (κ3) is 2.74. The Morgan fingerprint density at radius 1 is 1.31 bits per heavy atom. The zero-order valence-electron chi connectivity index (χ0n) is 15.4. The molecule has 3 unspecified atom stereocenters. The number of fused-ring (bicyclic) bond motifs is 5. The van der Waals surface area contributed by atoms with Gasteiger partial charge in [-0.15, -0.1) is 0 Å². The lowest BCUT2D eigenvalue weighted by atomic mass is 9.54. The van der Waals surface area contributed by atoms with E-state index < -0.39 is 5.97 Å². The molecule has 0 bridgehead atoms. The number of carboxylic acid groups (broad SMARTS) is 1. The van der Waals surface area contributed by atoms with E-state index in [0.717, 1.165) is 32.1 Å². The fourth-order valence-corrected chi connectivity index (χ4v) is 6.41. The van der Waals surface area contributed by atoms with E-state index >= 15 is 0 Å². The SMILES string of the molecule is C[C@]12CCC3c4ccc(O)cc4CCC3C1[C@H](CCCC(=O)O)CC2=O. The first kappa shape index (κ1) is 17.6. The molecular formula is C22H28O4. The average molecular weight is 356 g/mol. The summed E-state index contributed by atoms with van der Waals surface area (Å²) in [6.45, 7) is 2.17. The number of Topliss-reactive ketones (excluding diaryl/α,β-unsaturated/α-hetero) is 1. The monoisotopic (exact) mass is 356 g/mol. The van der Waals surface area contributed by atoms with E-state index in [1.54, 1.807) is 6.07 Å². The van der Waals surface area contributed by atoms with Gasteiger partial charge in [0.05, 0.1) is 0 Å². The summed E-state index contributed by atoms with van der Waals surface area (Å²) < 4.78 is 0. The molecule has 0 spiro atoms. The van der Waals surface area contributed by atoms with Gasteiger partial charge in [0.2, 0.25) is 0 Å². The van der Waals surface area contributed by atoms with Crippen LogP contribution in [-0.4, -0.2) is 22.0 Å². The number of phenols is 1. The molecule has 2 saturated carbocycles. The molecule has 0 heterocycles. The molecule has 0 amide bonds. The molecular weight excluding hydrogens is 328 g/mol. The molecule has 1 aromatic carbocycles. The van der Waals surface area contributed by atoms with Crippen molar-refractivity contribution < 1.29 is 19.8 Å². The van der Waals surface area contributed by atoms with E-state index in [1.165, 1.54) is 11.1 Å². The first-order valence-corrected chi connectivity index (χ1v) is 9.97. The van der Waals surface area contributed by atoms with Crippen LogP contribution < -0.4 is 0 Å². The highest BCUT2D eigenvalue weighted by atomic mass is 16.4. The van der Waals surface area contributed by atoms with E-state index in [9.17, 15) is 14.7 Å². The maximum absolute atomic E-state index is 12.9. The van der Waals surface area contributed by atoms with Crippen molar-refractivity contribution in [3.8, 4) is 5.75 Å². The molecule has 0 aromatic heterocycles. The third-order valence-corrected chi connectivity index (χ3v) is 7.52. The van der Waals surface area contributed by atoms with Crippen molar-refractivity contribution in [2.24, 2.45) is 23.2 Å². The number of carboxylic acids is 1. The van der Waals surface area contributed by atoms with E-state index in [2.05, 4.69) is 13.0 Å². The van der Waals surface area contributed by atoms with Crippen LogP contribution in [0.2, 0.25) is 0 Å². The molecule has 26 heavy (non-hydrogen) atoms. The maximum atomic E-state index is 12.9. The molecule has 5 atom stereocenters. The molecule has 0 radical (unpaired) electrons. The Balaban J connectivity index is 1.61. The molecule has 140 valence electrons. The van der Waals surface area contributed by atoms with Gasteiger partial charge in [0, 0.05) is 18.3 Å². The number of aryl methyl sites for hydroxylation is 1. The number of hydrogen-bond acceptors (Lipinski definition) is 3. The molecule has 2 N–H and O–H groups in total. The summed E-state index contributed by atoms with van der Waals surface area (Å²) in [5.74, 6) is 1.69. The minimum atomic E-state index is -0.745. The van der Waals surface area contributed by atoms with Gasteiger partial charge in [-0.25, -0.2) is 0 Å². The van der Waals surface area contributed by atoms with Crippen molar-refractivity contribution in [3.63, 3.8) is 0 Å². The zero-order chi connectivity index (χ0) is 18.5. The molecule has 4 rings (SSSR count). The second kappa shape index (κ2) is 6.40. The van der Waals surface area contributed by atoms with Crippen LogP contribution in [0.15, 0.2) is 18.2 Å².